The zero-order valence-corrected chi connectivity index (χ0v) is 14.7. The van der Waals surface area contributed by atoms with Crippen molar-refractivity contribution in [3.63, 3.8) is 0 Å². The Morgan fingerprint density at radius 1 is 0.696 bits per heavy atom. The Morgan fingerprint density at radius 2 is 1.30 bits per heavy atom. The van der Waals surface area contributed by atoms with Gasteiger partial charge in [0.05, 0.1) is 0 Å². The maximum atomic E-state index is 2.43. The van der Waals surface area contributed by atoms with Crippen molar-refractivity contribution in [1.29, 1.82) is 0 Å². The van der Waals surface area contributed by atoms with Gasteiger partial charge in [-0.3, -0.25) is 0 Å². The Bertz CT molecular complexity index is 920. The van der Waals surface area contributed by atoms with Crippen molar-refractivity contribution in [3.8, 4) is 11.1 Å². The summed E-state index contributed by atoms with van der Waals surface area (Å²) in [4.78, 5) is 0. The van der Waals surface area contributed by atoms with Crippen LogP contribution in [0.5, 0.6) is 0 Å². The monoisotopic (exact) mass is 300 g/mol. The fourth-order valence-corrected chi connectivity index (χ4v) is 3.89. The highest BCUT2D eigenvalue weighted by molar-refractivity contribution is 5.93. The summed E-state index contributed by atoms with van der Waals surface area (Å²) in [6, 6.07) is 20.5. The predicted molar refractivity (Wildman–Crippen MR) is 100 cm³/mol. The minimum absolute atomic E-state index is 0.0654. The van der Waals surface area contributed by atoms with E-state index in [0.29, 0.717) is 0 Å². The Balaban J connectivity index is 2.02. The van der Waals surface area contributed by atoms with Gasteiger partial charge in [-0.2, -0.15) is 0 Å². The lowest BCUT2D eigenvalue weighted by Crippen LogP contribution is -2.17. The van der Waals surface area contributed by atoms with E-state index in [1.807, 2.05) is 0 Å². The largest absolute Gasteiger partial charge is 0.0616 e. The molecule has 0 saturated heterocycles. The van der Waals surface area contributed by atoms with E-state index in [1.165, 1.54) is 38.6 Å². The van der Waals surface area contributed by atoms with Crippen molar-refractivity contribution in [3.05, 3.63) is 71.3 Å². The van der Waals surface area contributed by atoms with Crippen molar-refractivity contribution in [2.75, 3.05) is 0 Å². The number of fused-ring (bicyclic) bond motifs is 4. The fraction of sp³-hybridized carbons (Fsp3) is 0.304. The van der Waals surface area contributed by atoms with Gasteiger partial charge < -0.3 is 0 Å². The minimum Gasteiger partial charge on any atom is -0.0616 e. The first-order chi connectivity index (χ1) is 10.8. The molecular weight excluding hydrogens is 276 g/mol. The van der Waals surface area contributed by atoms with Gasteiger partial charge in [-0.15, -0.1) is 0 Å². The summed E-state index contributed by atoms with van der Waals surface area (Å²) >= 11 is 0. The molecule has 0 atom stereocenters. The maximum absolute atomic E-state index is 2.43. The zero-order chi connectivity index (χ0) is 16.4. The molecular formula is C23H24. The van der Waals surface area contributed by atoms with Crippen molar-refractivity contribution in [1.82, 2.24) is 0 Å². The Kier molecular flexibility index (Phi) is 2.82. The second-order valence-electron chi connectivity index (χ2n) is 8.38. The van der Waals surface area contributed by atoms with Gasteiger partial charge in [0, 0.05) is 5.41 Å². The molecule has 0 aliphatic heterocycles. The summed E-state index contributed by atoms with van der Waals surface area (Å²) in [5.74, 6) is 0. The molecule has 3 aromatic carbocycles. The van der Waals surface area contributed by atoms with Gasteiger partial charge in [-0.1, -0.05) is 77.1 Å². The highest BCUT2D eigenvalue weighted by atomic mass is 14.4. The minimum atomic E-state index is 0.0654. The van der Waals surface area contributed by atoms with Crippen molar-refractivity contribution < 1.29 is 0 Å². The normalized spacial score (nSPS) is 15.5. The van der Waals surface area contributed by atoms with E-state index in [4.69, 9.17) is 0 Å². The number of rotatable bonds is 0. The third-order valence-corrected chi connectivity index (χ3v) is 5.41. The molecule has 23 heavy (non-hydrogen) atoms. The van der Waals surface area contributed by atoms with Gasteiger partial charge in [0.1, 0.15) is 0 Å². The molecule has 0 heteroatoms. The highest BCUT2D eigenvalue weighted by Gasteiger charge is 2.36. The van der Waals surface area contributed by atoms with Crippen LogP contribution in [0.25, 0.3) is 21.9 Å². The lowest BCUT2D eigenvalue weighted by Gasteiger charge is -2.25. The molecule has 4 rings (SSSR count). The van der Waals surface area contributed by atoms with Crippen LogP contribution in [0, 0.1) is 0 Å². The van der Waals surface area contributed by atoms with E-state index in [9.17, 15) is 0 Å². The van der Waals surface area contributed by atoms with Crippen LogP contribution in [-0.2, 0) is 10.8 Å². The Morgan fingerprint density at radius 3 is 1.96 bits per heavy atom. The van der Waals surface area contributed by atoms with Gasteiger partial charge in [0.15, 0.2) is 0 Å². The molecule has 116 valence electrons. The van der Waals surface area contributed by atoms with Gasteiger partial charge in [-0.05, 0) is 56.1 Å². The maximum Gasteiger partial charge on any atom is 0.0159 e. The second kappa shape index (κ2) is 4.47. The molecule has 1 aliphatic rings. The molecule has 0 saturated carbocycles. The highest BCUT2D eigenvalue weighted by Crippen LogP contribution is 2.50. The molecule has 0 unspecified atom stereocenters. The summed E-state index contributed by atoms with van der Waals surface area (Å²) in [5, 5.41) is 2.66. The third kappa shape index (κ3) is 2.05. The van der Waals surface area contributed by atoms with Gasteiger partial charge >= 0.3 is 0 Å². The van der Waals surface area contributed by atoms with E-state index in [0.717, 1.165) is 0 Å². The molecule has 0 aromatic heterocycles. The van der Waals surface area contributed by atoms with Crippen LogP contribution >= 0.6 is 0 Å². The molecule has 0 nitrogen and oxygen atoms in total. The van der Waals surface area contributed by atoms with E-state index in [1.54, 1.807) is 0 Å². The molecule has 0 N–H and O–H groups in total. The Labute approximate surface area is 139 Å². The third-order valence-electron chi connectivity index (χ3n) is 5.41. The summed E-state index contributed by atoms with van der Waals surface area (Å²) in [5.41, 5.74) is 7.41. The average Bonchev–Trinajstić information content (AvgIpc) is 2.72. The topological polar surface area (TPSA) is 0 Å². The quantitative estimate of drug-likeness (QED) is 0.448. The molecule has 0 spiro atoms. The molecule has 0 heterocycles. The van der Waals surface area contributed by atoms with Crippen LogP contribution < -0.4 is 0 Å². The SMILES string of the molecule is CC(C)(C)c1ccc2c(c1)C(C)(C)c1cc3ccccc3cc1-2. The van der Waals surface area contributed by atoms with E-state index in [-0.39, 0.29) is 10.8 Å². The molecule has 3 aromatic rings. The lowest BCUT2D eigenvalue weighted by atomic mass is 9.79. The molecule has 0 radical (unpaired) electrons. The van der Waals surface area contributed by atoms with E-state index >= 15 is 0 Å². The Hall–Kier alpha value is -2.08. The van der Waals surface area contributed by atoms with Gasteiger partial charge in [0.2, 0.25) is 0 Å². The van der Waals surface area contributed by atoms with E-state index in [2.05, 4.69) is 89.2 Å². The fourth-order valence-electron chi connectivity index (χ4n) is 3.89. The summed E-state index contributed by atoms with van der Waals surface area (Å²) in [7, 11) is 0. The van der Waals surface area contributed by atoms with Crippen LogP contribution in [-0.4, -0.2) is 0 Å². The van der Waals surface area contributed by atoms with Crippen molar-refractivity contribution in [2.24, 2.45) is 0 Å². The van der Waals surface area contributed by atoms with Crippen LogP contribution in [0.15, 0.2) is 54.6 Å². The standard InChI is InChI=1S/C23H24/c1-22(2,3)17-10-11-18-19-12-15-8-6-7-9-16(15)13-20(19)23(4,5)21(18)14-17/h6-14H,1-5H3. The predicted octanol–water partition coefficient (Wildman–Crippen LogP) is 6.44. The van der Waals surface area contributed by atoms with Crippen LogP contribution in [0.4, 0.5) is 0 Å². The molecule has 1 aliphatic carbocycles. The lowest BCUT2D eigenvalue weighted by molar-refractivity contribution is 0.585. The number of hydrogen-bond acceptors (Lipinski definition) is 0. The summed E-state index contributed by atoms with van der Waals surface area (Å²) in [6.07, 6.45) is 0. The van der Waals surface area contributed by atoms with Crippen LogP contribution in [0.1, 0.15) is 51.3 Å². The first-order valence-corrected chi connectivity index (χ1v) is 8.47. The second-order valence-corrected chi connectivity index (χ2v) is 8.38. The average molecular weight is 300 g/mol. The van der Waals surface area contributed by atoms with Crippen molar-refractivity contribution in [2.45, 2.75) is 45.4 Å². The smallest absolute Gasteiger partial charge is 0.0159 e. The van der Waals surface area contributed by atoms with Crippen molar-refractivity contribution >= 4 is 10.8 Å². The summed E-state index contributed by atoms with van der Waals surface area (Å²) < 4.78 is 0. The zero-order valence-electron chi connectivity index (χ0n) is 14.7. The van der Waals surface area contributed by atoms with Gasteiger partial charge in [-0.25, -0.2) is 0 Å². The van der Waals surface area contributed by atoms with E-state index < -0.39 is 0 Å². The molecule has 0 amide bonds. The first kappa shape index (κ1) is 14.5. The summed E-state index contributed by atoms with van der Waals surface area (Å²) in [6.45, 7) is 11.6. The number of hydrogen-bond donors (Lipinski definition) is 0. The molecule has 0 bridgehead atoms. The first-order valence-electron chi connectivity index (χ1n) is 8.47. The van der Waals surface area contributed by atoms with Crippen LogP contribution in [0.3, 0.4) is 0 Å². The number of benzene rings is 3. The molecule has 0 fully saturated rings. The van der Waals surface area contributed by atoms with Crippen LogP contribution in [0.2, 0.25) is 0 Å². The van der Waals surface area contributed by atoms with Gasteiger partial charge in [0.25, 0.3) is 0 Å².